The summed E-state index contributed by atoms with van der Waals surface area (Å²) >= 11 is 5.72. The molecule has 4 nitrogen and oxygen atoms in total. The van der Waals surface area contributed by atoms with Gasteiger partial charge in [-0.15, -0.1) is 0 Å². The van der Waals surface area contributed by atoms with Gasteiger partial charge in [-0.1, -0.05) is 48.5 Å². The van der Waals surface area contributed by atoms with Crippen LogP contribution in [0, 0.1) is 13.8 Å². The van der Waals surface area contributed by atoms with Crippen LogP contribution in [-0.4, -0.2) is 42.7 Å². The summed E-state index contributed by atoms with van der Waals surface area (Å²) < 4.78 is 0. The molecule has 3 aromatic carbocycles. The normalized spacial score (nSPS) is 13.6. The van der Waals surface area contributed by atoms with Gasteiger partial charge in [-0.25, -0.2) is 0 Å². The van der Waals surface area contributed by atoms with Gasteiger partial charge in [0, 0.05) is 49.8 Å². The number of benzene rings is 3. The molecule has 0 spiro atoms. The minimum atomic E-state index is 0.823. The molecule has 0 aliphatic carbocycles. The second-order valence-electron chi connectivity index (χ2n) is 9.09. The van der Waals surface area contributed by atoms with Crippen molar-refractivity contribution in [3.05, 3.63) is 89.5 Å². The van der Waals surface area contributed by atoms with E-state index in [0.29, 0.717) is 0 Å². The second kappa shape index (κ2) is 11.9. The number of unbranched alkanes of at least 4 members (excludes halogenated alkanes) is 1. The molecule has 1 saturated heterocycles. The monoisotopic (exact) mass is 472 g/mol. The number of piperazine rings is 1. The molecule has 34 heavy (non-hydrogen) atoms. The van der Waals surface area contributed by atoms with E-state index in [-0.39, 0.29) is 0 Å². The number of hydrogen-bond acceptors (Lipinski definition) is 3. The number of anilines is 3. The highest BCUT2D eigenvalue weighted by Crippen LogP contribution is 2.22. The Morgan fingerprint density at radius 2 is 1.47 bits per heavy atom. The highest BCUT2D eigenvalue weighted by molar-refractivity contribution is 7.80. The smallest absolute Gasteiger partial charge is 0.173 e. The molecule has 0 bridgehead atoms. The average molecular weight is 473 g/mol. The third-order valence-electron chi connectivity index (χ3n) is 6.58. The molecule has 0 radical (unpaired) electrons. The van der Waals surface area contributed by atoms with Gasteiger partial charge in [-0.05, 0) is 86.3 Å². The van der Waals surface area contributed by atoms with Crippen molar-refractivity contribution >= 4 is 34.4 Å². The molecule has 3 aromatic rings. The summed E-state index contributed by atoms with van der Waals surface area (Å²) in [5, 5.41) is 7.86. The zero-order valence-corrected chi connectivity index (χ0v) is 21.2. The van der Waals surface area contributed by atoms with E-state index in [9.17, 15) is 0 Å². The van der Waals surface area contributed by atoms with Crippen LogP contribution in [-0.2, 0) is 6.42 Å². The lowest BCUT2D eigenvalue weighted by Gasteiger charge is -2.37. The standard InChI is InChI=1S/C29H36N4S/c1-23-9-8-10-24(2)28(23)31-29(34)33-21-19-32(20-22-33)27-16-14-26(15-17-27)30-18-7-6-13-25-11-4-3-5-12-25/h3-5,8-12,14-17,30H,6-7,13,18-22H2,1-2H3,(H,31,34). The molecule has 1 aliphatic rings. The number of nitrogens with one attached hydrogen (secondary N) is 2. The summed E-state index contributed by atoms with van der Waals surface area (Å²) in [6, 6.07) is 25.9. The van der Waals surface area contributed by atoms with Gasteiger partial charge in [-0.3, -0.25) is 0 Å². The van der Waals surface area contributed by atoms with Crippen molar-refractivity contribution in [2.45, 2.75) is 33.1 Å². The lowest BCUT2D eigenvalue weighted by Crippen LogP contribution is -2.50. The van der Waals surface area contributed by atoms with Crippen LogP contribution >= 0.6 is 12.2 Å². The molecule has 1 heterocycles. The van der Waals surface area contributed by atoms with E-state index in [1.807, 2.05) is 0 Å². The third kappa shape index (κ3) is 6.51. The summed E-state index contributed by atoms with van der Waals surface area (Å²) in [4.78, 5) is 4.73. The van der Waals surface area contributed by atoms with Gasteiger partial charge >= 0.3 is 0 Å². The van der Waals surface area contributed by atoms with Gasteiger partial charge < -0.3 is 20.4 Å². The van der Waals surface area contributed by atoms with Crippen LogP contribution < -0.4 is 15.5 Å². The van der Waals surface area contributed by atoms with Gasteiger partial charge in [0.2, 0.25) is 0 Å². The first kappa shape index (κ1) is 24.1. The fourth-order valence-corrected chi connectivity index (χ4v) is 4.77. The molecule has 0 aromatic heterocycles. The average Bonchev–Trinajstić information content (AvgIpc) is 2.87. The lowest BCUT2D eigenvalue weighted by molar-refractivity contribution is 0.391. The highest BCUT2D eigenvalue weighted by atomic mass is 32.1. The third-order valence-corrected chi connectivity index (χ3v) is 6.94. The molecular weight excluding hydrogens is 436 g/mol. The van der Waals surface area contributed by atoms with Crippen molar-refractivity contribution in [2.24, 2.45) is 0 Å². The number of para-hydroxylation sites is 1. The van der Waals surface area contributed by atoms with Crippen molar-refractivity contribution in [3.63, 3.8) is 0 Å². The Labute approximate surface area is 210 Å². The van der Waals surface area contributed by atoms with E-state index in [0.717, 1.165) is 49.9 Å². The van der Waals surface area contributed by atoms with Crippen molar-refractivity contribution in [1.82, 2.24) is 4.90 Å². The predicted molar refractivity (Wildman–Crippen MR) is 150 cm³/mol. The Kier molecular flexibility index (Phi) is 8.42. The van der Waals surface area contributed by atoms with Crippen LogP contribution in [0.15, 0.2) is 72.8 Å². The lowest BCUT2D eigenvalue weighted by atomic mass is 10.1. The molecule has 178 valence electrons. The van der Waals surface area contributed by atoms with Gasteiger partial charge in [0.25, 0.3) is 0 Å². The van der Waals surface area contributed by atoms with Crippen molar-refractivity contribution in [3.8, 4) is 0 Å². The molecular formula is C29H36N4S. The molecule has 1 fully saturated rings. The van der Waals surface area contributed by atoms with Gasteiger partial charge in [0.1, 0.15) is 0 Å². The van der Waals surface area contributed by atoms with Gasteiger partial charge in [0.15, 0.2) is 5.11 Å². The minimum Gasteiger partial charge on any atom is -0.385 e. The first-order chi connectivity index (χ1) is 16.6. The van der Waals surface area contributed by atoms with Crippen molar-refractivity contribution in [2.75, 3.05) is 48.3 Å². The zero-order valence-electron chi connectivity index (χ0n) is 20.4. The van der Waals surface area contributed by atoms with Gasteiger partial charge in [-0.2, -0.15) is 0 Å². The maximum absolute atomic E-state index is 5.72. The van der Waals surface area contributed by atoms with E-state index in [1.165, 1.54) is 40.9 Å². The number of rotatable bonds is 8. The second-order valence-corrected chi connectivity index (χ2v) is 9.47. The predicted octanol–water partition coefficient (Wildman–Crippen LogP) is 6.26. The summed E-state index contributed by atoms with van der Waals surface area (Å²) in [6.45, 7) is 9.06. The maximum atomic E-state index is 5.72. The largest absolute Gasteiger partial charge is 0.385 e. The first-order valence-electron chi connectivity index (χ1n) is 12.3. The highest BCUT2D eigenvalue weighted by Gasteiger charge is 2.20. The molecule has 1 aliphatic heterocycles. The summed E-state index contributed by atoms with van der Waals surface area (Å²) in [5.41, 5.74) is 7.49. The van der Waals surface area contributed by atoms with Crippen molar-refractivity contribution < 1.29 is 0 Å². The molecule has 4 rings (SSSR count). The quantitative estimate of drug-likeness (QED) is 0.299. The molecule has 0 amide bonds. The van der Waals surface area contributed by atoms with E-state index in [1.54, 1.807) is 0 Å². The molecule has 0 unspecified atom stereocenters. The van der Waals surface area contributed by atoms with Crippen LogP contribution in [0.5, 0.6) is 0 Å². The van der Waals surface area contributed by atoms with Crippen LogP contribution in [0.1, 0.15) is 29.5 Å². The number of aryl methyl sites for hydroxylation is 3. The number of hydrogen-bond donors (Lipinski definition) is 2. The van der Waals surface area contributed by atoms with Gasteiger partial charge in [0.05, 0.1) is 0 Å². The summed E-state index contributed by atoms with van der Waals surface area (Å²) in [6.07, 6.45) is 3.53. The van der Waals surface area contributed by atoms with Crippen molar-refractivity contribution in [1.29, 1.82) is 0 Å². The van der Waals surface area contributed by atoms with Crippen LogP contribution in [0.4, 0.5) is 17.1 Å². The van der Waals surface area contributed by atoms with Crippen LogP contribution in [0.25, 0.3) is 0 Å². The summed E-state index contributed by atoms with van der Waals surface area (Å²) in [7, 11) is 0. The Hall–Kier alpha value is -3.05. The van der Waals surface area contributed by atoms with Crippen LogP contribution in [0.2, 0.25) is 0 Å². The van der Waals surface area contributed by atoms with E-state index in [2.05, 4.69) is 107 Å². The molecule has 2 N–H and O–H groups in total. The Balaban J connectivity index is 1.19. The minimum absolute atomic E-state index is 0.823. The number of thiocarbonyl (C=S) groups is 1. The van der Waals surface area contributed by atoms with E-state index >= 15 is 0 Å². The van der Waals surface area contributed by atoms with E-state index < -0.39 is 0 Å². The Morgan fingerprint density at radius 1 is 0.794 bits per heavy atom. The Morgan fingerprint density at radius 3 is 2.15 bits per heavy atom. The zero-order chi connectivity index (χ0) is 23.8. The first-order valence-corrected chi connectivity index (χ1v) is 12.8. The van der Waals surface area contributed by atoms with E-state index in [4.69, 9.17) is 12.2 Å². The SMILES string of the molecule is Cc1cccc(C)c1NC(=S)N1CCN(c2ccc(NCCCCc3ccccc3)cc2)CC1. The topological polar surface area (TPSA) is 30.5 Å². The maximum Gasteiger partial charge on any atom is 0.173 e. The fraction of sp³-hybridized carbons (Fsp3) is 0.345. The Bertz CT molecular complexity index is 1040. The molecule has 0 saturated carbocycles. The fourth-order valence-electron chi connectivity index (χ4n) is 4.49. The van der Waals surface area contributed by atoms with Crippen LogP contribution in [0.3, 0.4) is 0 Å². The molecule has 5 heteroatoms. The molecule has 0 atom stereocenters. The number of nitrogens with zero attached hydrogens (tertiary/aromatic N) is 2. The summed E-state index contributed by atoms with van der Waals surface area (Å²) in [5.74, 6) is 0.